The van der Waals surface area contributed by atoms with Crippen molar-refractivity contribution < 1.29 is 4.79 Å². The van der Waals surface area contributed by atoms with Gasteiger partial charge in [0.2, 0.25) is 0 Å². The molecule has 0 saturated heterocycles. The van der Waals surface area contributed by atoms with Gasteiger partial charge in [-0.3, -0.25) is 14.8 Å². The average Bonchev–Trinajstić information content (AvgIpc) is 3.16. The molecule has 0 aliphatic heterocycles. The van der Waals surface area contributed by atoms with Gasteiger partial charge in [-0.1, -0.05) is 17.7 Å². The summed E-state index contributed by atoms with van der Waals surface area (Å²) in [7, 11) is 0. The molecule has 0 fully saturated rings. The van der Waals surface area contributed by atoms with Gasteiger partial charge >= 0.3 is 0 Å². The number of nitrogens with one attached hydrogen (secondary N) is 1. The maximum atomic E-state index is 12.0. The summed E-state index contributed by atoms with van der Waals surface area (Å²) in [6.07, 6.45) is 3.28. The fourth-order valence-electron chi connectivity index (χ4n) is 1.80. The first-order valence-electron chi connectivity index (χ1n) is 6.11. The van der Waals surface area contributed by atoms with Crippen LogP contribution in [0.5, 0.6) is 0 Å². The first-order valence-corrected chi connectivity index (χ1v) is 8.19. The van der Waals surface area contributed by atoms with Crippen LogP contribution in [-0.2, 0) is 6.54 Å². The number of carbonyl (C=O) groups excluding carboxylic acids is 1. The molecule has 7 heteroatoms. The minimum Gasteiger partial charge on any atom is -0.346 e. The second-order valence-corrected chi connectivity index (χ2v) is 6.78. The Morgan fingerprint density at radius 2 is 2.10 bits per heavy atom. The highest BCUT2D eigenvalue weighted by Gasteiger charge is 2.12. The number of amides is 1. The molecule has 0 saturated carbocycles. The largest absolute Gasteiger partial charge is 0.346 e. The molecule has 3 aromatic rings. The summed E-state index contributed by atoms with van der Waals surface area (Å²) in [5, 5.41) is 4.83. The van der Waals surface area contributed by atoms with Gasteiger partial charge < -0.3 is 5.32 Å². The smallest absolute Gasteiger partial charge is 0.261 e. The Bertz CT molecular complexity index is 755. The van der Waals surface area contributed by atoms with Crippen molar-refractivity contribution in [3.8, 4) is 10.6 Å². The fraction of sp³-hybridized carbons (Fsp3) is 0.0714. The van der Waals surface area contributed by atoms with E-state index in [1.165, 1.54) is 11.3 Å². The lowest BCUT2D eigenvalue weighted by molar-refractivity contribution is 0.0954. The Morgan fingerprint density at radius 3 is 2.81 bits per heavy atom. The van der Waals surface area contributed by atoms with Crippen LogP contribution in [0.15, 0.2) is 42.0 Å². The fourth-order valence-corrected chi connectivity index (χ4v) is 3.51. The van der Waals surface area contributed by atoms with Gasteiger partial charge in [0.1, 0.15) is 5.69 Å². The number of aromatic nitrogens is 2. The molecule has 0 spiro atoms. The quantitative estimate of drug-likeness (QED) is 0.788. The minimum atomic E-state index is -0.158. The van der Waals surface area contributed by atoms with Crippen LogP contribution in [0.2, 0.25) is 4.34 Å². The van der Waals surface area contributed by atoms with Crippen molar-refractivity contribution in [2.24, 2.45) is 0 Å². The summed E-state index contributed by atoms with van der Waals surface area (Å²) < 4.78 is 0.596. The average molecular weight is 336 g/mol. The monoisotopic (exact) mass is 335 g/mol. The molecule has 4 nitrogen and oxygen atoms in total. The molecule has 0 bridgehead atoms. The first kappa shape index (κ1) is 14.2. The zero-order valence-corrected chi connectivity index (χ0v) is 13.1. The summed E-state index contributed by atoms with van der Waals surface area (Å²) in [6.45, 7) is 0.329. The SMILES string of the molecule is O=C(NCc1nccnc1-c1cccs1)c1ccc(Cl)s1. The number of carbonyl (C=O) groups is 1. The maximum absolute atomic E-state index is 12.0. The van der Waals surface area contributed by atoms with Crippen LogP contribution in [-0.4, -0.2) is 15.9 Å². The molecule has 106 valence electrons. The lowest BCUT2D eigenvalue weighted by atomic mass is 10.2. The Kier molecular flexibility index (Phi) is 4.28. The molecule has 0 radical (unpaired) electrons. The van der Waals surface area contributed by atoms with Crippen molar-refractivity contribution in [3.63, 3.8) is 0 Å². The van der Waals surface area contributed by atoms with Crippen molar-refractivity contribution in [2.75, 3.05) is 0 Å². The number of thiophene rings is 2. The summed E-state index contributed by atoms with van der Waals surface area (Å²) in [5.74, 6) is -0.158. The number of hydrogen-bond donors (Lipinski definition) is 1. The third-order valence-electron chi connectivity index (χ3n) is 2.74. The topological polar surface area (TPSA) is 54.9 Å². The van der Waals surface area contributed by atoms with Crippen molar-refractivity contribution in [3.05, 3.63) is 56.9 Å². The molecule has 3 aromatic heterocycles. The van der Waals surface area contributed by atoms with E-state index < -0.39 is 0 Å². The number of nitrogens with zero attached hydrogens (tertiary/aromatic N) is 2. The van der Waals surface area contributed by atoms with Crippen molar-refractivity contribution in [1.82, 2.24) is 15.3 Å². The van der Waals surface area contributed by atoms with E-state index in [1.54, 1.807) is 35.9 Å². The summed E-state index contributed by atoms with van der Waals surface area (Å²) in [6, 6.07) is 7.36. The second kappa shape index (κ2) is 6.34. The van der Waals surface area contributed by atoms with Crippen LogP contribution >= 0.6 is 34.3 Å². The Hall–Kier alpha value is -1.76. The highest BCUT2D eigenvalue weighted by molar-refractivity contribution is 7.18. The molecule has 3 heterocycles. The van der Waals surface area contributed by atoms with Crippen LogP contribution < -0.4 is 5.32 Å². The third-order valence-corrected chi connectivity index (χ3v) is 4.85. The highest BCUT2D eigenvalue weighted by atomic mass is 35.5. The van der Waals surface area contributed by atoms with Gasteiger partial charge in [0.25, 0.3) is 5.91 Å². The van der Waals surface area contributed by atoms with E-state index in [-0.39, 0.29) is 5.91 Å². The summed E-state index contributed by atoms with van der Waals surface area (Å²) in [4.78, 5) is 22.3. The van der Waals surface area contributed by atoms with Crippen LogP contribution in [0.4, 0.5) is 0 Å². The van der Waals surface area contributed by atoms with Crippen LogP contribution in [0.25, 0.3) is 10.6 Å². The van der Waals surface area contributed by atoms with Gasteiger partial charge in [-0.2, -0.15) is 0 Å². The minimum absolute atomic E-state index is 0.158. The molecule has 0 aliphatic carbocycles. The van der Waals surface area contributed by atoms with E-state index in [9.17, 15) is 4.79 Å². The van der Waals surface area contributed by atoms with Crippen molar-refractivity contribution in [1.29, 1.82) is 0 Å². The molecule has 21 heavy (non-hydrogen) atoms. The van der Waals surface area contributed by atoms with Crippen molar-refractivity contribution >= 4 is 40.2 Å². The molecule has 0 unspecified atom stereocenters. The van der Waals surface area contributed by atoms with Gasteiger partial charge in [0, 0.05) is 12.4 Å². The maximum Gasteiger partial charge on any atom is 0.261 e. The lowest BCUT2D eigenvalue weighted by Crippen LogP contribution is -2.22. The number of hydrogen-bond acceptors (Lipinski definition) is 5. The molecular formula is C14H10ClN3OS2. The van der Waals surface area contributed by atoms with E-state index in [2.05, 4.69) is 15.3 Å². The number of rotatable bonds is 4. The zero-order valence-electron chi connectivity index (χ0n) is 10.7. The van der Waals surface area contributed by atoms with E-state index in [1.807, 2.05) is 17.5 Å². The Balaban J connectivity index is 1.75. The van der Waals surface area contributed by atoms with Gasteiger partial charge in [-0.05, 0) is 23.6 Å². The molecule has 0 aliphatic rings. The van der Waals surface area contributed by atoms with E-state index in [4.69, 9.17) is 11.6 Å². The molecule has 0 aromatic carbocycles. The summed E-state index contributed by atoms with van der Waals surface area (Å²) >= 11 is 8.68. The molecule has 0 atom stereocenters. The molecule has 3 rings (SSSR count). The third kappa shape index (κ3) is 3.29. The highest BCUT2D eigenvalue weighted by Crippen LogP contribution is 2.25. The van der Waals surface area contributed by atoms with Gasteiger partial charge in [0.05, 0.1) is 26.3 Å². The van der Waals surface area contributed by atoms with Gasteiger partial charge in [0.15, 0.2) is 0 Å². The second-order valence-electron chi connectivity index (χ2n) is 4.12. The number of halogens is 1. The lowest BCUT2D eigenvalue weighted by Gasteiger charge is -2.06. The Morgan fingerprint density at radius 1 is 1.24 bits per heavy atom. The molecular weight excluding hydrogens is 326 g/mol. The van der Waals surface area contributed by atoms with Gasteiger partial charge in [-0.15, -0.1) is 22.7 Å². The normalized spacial score (nSPS) is 10.5. The Labute approximate surface area is 134 Å². The van der Waals surface area contributed by atoms with Crippen LogP contribution in [0.3, 0.4) is 0 Å². The first-order chi connectivity index (χ1) is 10.2. The predicted octanol–water partition coefficient (Wildman–Crippen LogP) is 3.85. The predicted molar refractivity (Wildman–Crippen MR) is 85.8 cm³/mol. The summed E-state index contributed by atoms with van der Waals surface area (Å²) in [5.41, 5.74) is 1.55. The molecule has 1 N–H and O–H groups in total. The van der Waals surface area contributed by atoms with E-state index in [0.717, 1.165) is 16.3 Å². The van der Waals surface area contributed by atoms with Crippen LogP contribution in [0.1, 0.15) is 15.4 Å². The van der Waals surface area contributed by atoms with Gasteiger partial charge in [-0.25, -0.2) is 0 Å². The van der Waals surface area contributed by atoms with Crippen molar-refractivity contribution in [2.45, 2.75) is 6.54 Å². The van der Waals surface area contributed by atoms with E-state index >= 15 is 0 Å². The molecule has 1 amide bonds. The van der Waals surface area contributed by atoms with Crippen LogP contribution in [0, 0.1) is 0 Å². The zero-order chi connectivity index (χ0) is 14.7. The van der Waals surface area contributed by atoms with E-state index in [0.29, 0.717) is 15.8 Å². The standard InChI is InChI=1S/C14H10ClN3OS2/c15-12-4-3-11(21-12)14(19)18-8-9-13(17-6-5-16-9)10-2-1-7-20-10/h1-7H,8H2,(H,18,19).